The lowest BCUT2D eigenvalue weighted by Crippen LogP contribution is -2.46. The number of H-pyrrole nitrogens is 1. The Labute approximate surface area is 111 Å². The van der Waals surface area contributed by atoms with Crippen molar-refractivity contribution in [3.8, 4) is 0 Å². The van der Waals surface area contributed by atoms with E-state index in [1.165, 1.54) is 0 Å². The summed E-state index contributed by atoms with van der Waals surface area (Å²) in [6, 6.07) is 7.33. The van der Waals surface area contributed by atoms with Crippen LogP contribution in [0.3, 0.4) is 0 Å². The van der Waals surface area contributed by atoms with Gasteiger partial charge in [-0.25, -0.2) is 0 Å². The molecule has 0 radical (unpaired) electrons. The number of amides is 2. The van der Waals surface area contributed by atoms with Gasteiger partial charge in [0.1, 0.15) is 0 Å². The van der Waals surface area contributed by atoms with E-state index in [0.717, 1.165) is 10.9 Å². The van der Waals surface area contributed by atoms with Crippen LogP contribution in [0, 0.1) is 0 Å². The summed E-state index contributed by atoms with van der Waals surface area (Å²) >= 11 is 0. The summed E-state index contributed by atoms with van der Waals surface area (Å²) in [5, 5.41) is 3.69. The number of rotatable bonds is 4. The second-order valence-electron chi connectivity index (χ2n) is 5.23. The Kier molecular flexibility index (Phi) is 3.29. The molecule has 1 aromatic heterocycles. The van der Waals surface area contributed by atoms with Crippen molar-refractivity contribution in [1.29, 1.82) is 0 Å². The molecule has 100 valence electrons. The maximum Gasteiger partial charge on any atom is 0.252 e. The molecule has 0 bridgehead atoms. The fraction of sp³-hybridized carbons (Fsp3) is 0.286. The molecule has 4 N–H and O–H groups in total. The molecule has 0 atom stereocenters. The quantitative estimate of drug-likeness (QED) is 0.777. The lowest BCUT2D eigenvalue weighted by Gasteiger charge is -2.24. The molecule has 0 saturated carbocycles. The molecular formula is C14H17N3O2. The summed E-state index contributed by atoms with van der Waals surface area (Å²) in [4.78, 5) is 26.3. The number of benzene rings is 1. The third kappa shape index (κ3) is 2.93. The van der Waals surface area contributed by atoms with Gasteiger partial charge in [0.25, 0.3) is 5.91 Å². The number of aromatic nitrogens is 1. The van der Waals surface area contributed by atoms with Gasteiger partial charge in [-0.15, -0.1) is 0 Å². The third-order valence-electron chi connectivity index (χ3n) is 2.91. The fourth-order valence-corrected chi connectivity index (χ4v) is 2.14. The Morgan fingerprint density at radius 3 is 2.74 bits per heavy atom. The van der Waals surface area contributed by atoms with E-state index >= 15 is 0 Å². The van der Waals surface area contributed by atoms with Crippen LogP contribution in [0.2, 0.25) is 0 Å². The fourth-order valence-electron chi connectivity index (χ4n) is 2.14. The number of carbonyl (C=O) groups excluding carboxylic acids is 2. The van der Waals surface area contributed by atoms with E-state index in [9.17, 15) is 9.59 Å². The lowest BCUT2D eigenvalue weighted by molar-refractivity contribution is -0.119. The molecule has 0 unspecified atom stereocenters. The van der Waals surface area contributed by atoms with Gasteiger partial charge in [0.15, 0.2) is 0 Å². The van der Waals surface area contributed by atoms with Crippen LogP contribution in [0.5, 0.6) is 0 Å². The van der Waals surface area contributed by atoms with Crippen molar-refractivity contribution in [2.75, 3.05) is 0 Å². The third-order valence-corrected chi connectivity index (χ3v) is 2.91. The number of carbonyl (C=O) groups is 2. The Morgan fingerprint density at radius 1 is 1.32 bits per heavy atom. The molecular weight excluding hydrogens is 242 g/mol. The van der Waals surface area contributed by atoms with Gasteiger partial charge < -0.3 is 16.0 Å². The molecule has 1 heterocycles. The van der Waals surface area contributed by atoms with E-state index in [1.54, 1.807) is 26.1 Å². The highest BCUT2D eigenvalue weighted by molar-refractivity contribution is 6.06. The van der Waals surface area contributed by atoms with Gasteiger partial charge in [-0.1, -0.05) is 6.07 Å². The molecule has 0 aliphatic carbocycles. The largest absolute Gasteiger partial charge is 0.370 e. The molecule has 5 heteroatoms. The van der Waals surface area contributed by atoms with E-state index < -0.39 is 11.4 Å². The number of fused-ring (bicyclic) bond motifs is 1. The summed E-state index contributed by atoms with van der Waals surface area (Å²) in [7, 11) is 0. The monoisotopic (exact) mass is 259 g/mol. The van der Waals surface area contributed by atoms with Crippen molar-refractivity contribution in [2.24, 2.45) is 5.73 Å². The van der Waals surface area contributed by atoms with E-state index in [0.29, 0.717) is 5.56 Å². The first-order valence-corrected chi connectivity index (χ1v) is 6.06. The second-order valence-corrected chi connectivity index (χ2v) is 5.23. The molecule has 2 aromatic rings. The summed E-state index contributed by atoms with van der Waals surface area (Å²) < 4.78 is 0. The zero-order valence-corrected chi connectivity index (χ0v) is 11.0. The van der Waals surface area contributed by atoms with Gasteiger partial charge in [0, 0.05) is 34.6 Å². The molecule has 5 nitrogen and oxygen atoms in total. The minimum atomic E-state index is -0.665. The van der Waals surface area contributed by atoms with Crippen LogP contribution >= 0.6 is 0 Å². The predicted molar refractivity (Wildman–Crippen MR) is 73.7 cm³/mol. The van der Waals surface area contributed by atoms with Crippen LogP contribution in [-0.2, 0) is 4.79 Å². The van der Waals surface area contributed by atoms with E-state index in [4.69, 9.17) is 5.73 Å². The van der Waals surface area contributed by atoms with Crippen LogP contribution in [0.4, 0.5) is 0 Å². The summed E-state index contributed by atoms with van der Waals surface area (Å²) in [5.74, 6) is -0.651. The minimum Gasteiger partial charge on any atom is -0.370 e. The van der Waals surface area contributed by atoms with Crippen molar-refractivity contribution in [3.63, 3.8) is 0 Å². The van der Waals surface area contributed by atoms with Crippen LogP contribution in [0.25, 0.3) is 10.9 Å². The van der Waals surface area contributed by atoms with Crippen molar-refractivity contribution >= 4 is 22.7 Å². The van der Waals surface area contributed by atoms with Gasteiger partial charge in [-0.2, -0.15) is 0 Å². The summed E-state index contributed by atoms with van der Waals surface area (Å²) in [5.41, 5.74) is 5.99. The van der Waals surface area contributed by atoms with Crippen molar-refractivity contribution in [1.82, 2.24) is 10.3 Å². The van der Waals surface area contributed by atoms with Crippen molar-refractivity contribution < 1.29 is 9.59 Å². The van der Waals surface area contributed by atoms with Crippen LogP contribution in [-0.4, -0.2) is 22.3 Å². The van der Waals surface area contributed by atoms with Crippen LogP contribution in [0.15, 0.2) is 30.5 Å². The molecule has 19 heavy (non-hydrogen) atoms. The number of primary amides is 1. The summed E-state index contributed by atoms with van der Waals surface area (Å²) in [6.45, 7) is 3.54. The van der Waals surface area contributed by atoms with Crippen molar-refractivity contribution in [3.05, 3.63) is 36.0 Å². The second kappa shape index (κ2) is 4.76. The van der Waals surface area contributed by atoms with Gasteiger partial charge in [0.2, 0.25) is 5.91 Å². The molecule has 0 aliphatic heterocycles. The first-order valence-electron chi connectivity index (χ1n) is 6.06. The van der Waals surface area contributed by atoms with E-state index in [-0.39, 0.29) is 12.3 Å². The average molecular weight is 259 g/mol. The number of nitrogens with one attached hydrogen (secondary N) is 2. The molecule has 2 rings (SSSR count). The minimum absolute atomic E-state index is 0.0991. The Morgan fingerprint density at radius 2 is 2.05 bits per heavy atom. The Hall–Kier alpha value is -2.30. The number of hydrogen-bond acceptors (Lipinski definition) is 2. The topological polar surface area (TPSA) is 88.0 Å². The summed E-state index contributed by atoms with van der Waals surface area (Å²) in [6.07, 6.45) is 1.89. The molecule has 0 aliphatic rings. The molecule has 2 amide bonds. The molecule has 1 aromatic carbocycles. The average Bonchev–Trinajstić information content (AvgIpc) is 2.73. The molecule has 0 saturated heterocycles. The number of aromatic amines is 1. The highest BCUT2D eigenvalue weighted by Gasteiger charge is 2.24. The predicted octanol–water partition coefficient (Wildman–Crippen LogP) is 1.55. The zero-order valence-electron chi connectivity index (χ0n) is 11.0. The Balaban J connectivity index is 2.25. The highest BCUT2D eigenvalue weighted by Crippen LogP contribution is 2.18. The zero-order chi connectivity index (χ0) is 14.0. The van der Waals surface area contributed by atoms with Crippen LogP contribution in [0.1, 0.15) is 30.6 Å². The standard InChI is InChI=1S/C14H17N3O2/c1-14(2,8-12(15)18)17-13(19)10-4-3-5-11-9(10)6-7-16-11/h3-7,16H,8H2,1-2H3,(H2,15,18)(H,17,19). The first kappa shape index (κ1) is 13.1. The van der Waals surface area contributed by atoms with Crippen LogP contribution < -0.4 is 11.1 Å². The maximum absolute atomic E-state index is 12.3. The van der Waals surface area contributed by atoms with Gasteiger partial charge in [0.05, 0.1) is 0 Å². The smallest absolute Gasteiger partial charge is 0.252 e. The number of hydrogen-bond donors (Lipinski definition) is 3. The molecule has 0 fully saturated rings. The maximum atomic E-state index is 12.3. The van der Waals surface area contributed by atoms with Crippen molar-refractivity contribution in [2.45, 2.75) is 25.8 Å². The van der Waals surface area contributed by atoms with Gasteiger partial charge in [-0.05, 0) is 32.0 Å². The highest BCUT2D eigenvalue weighted by atomic mass is 16.2. The SMILES string of the molecule is CC(C)(CC(N)=O)NC(=O)c1cccc2[nH]ccc12. The normalized spacial score (nSPS) is 11.5. The van der Waals surface area contributed by atoms with E-state index in [2.05, 4.69) is 10.3 Å². The first-order chi connectivity index (χ1) is 8.89. The van der Waals surface area contributed by atoms with Gasteiger partial charge >= 0.3 is 0 Å². The molecule has 0 spiro atoms. The lowest BCUT2D eigenvalue weighted by atomic mass is 9.99. The van der Waals surface area contributed by atoms with Gasteiger partial charge in [-0.3, -0.25) is 9.59 Å². The Bertz CT molecular complexity index is 628. The van der Waals surface area contributed by atoms with E-state index in [1.807, 2.05) is 18.2 Å². The number of nitrogens with two attached hydrogens (primary N) is 1.